The minimum Gasteiger partial charge on any atom is -0.441 e. The second-order valence-corrected chi connectivity index (χ2v) is 5.22. The van der Waals surface area contributed by atoms with Crippen LogP contribution in [0.1, 0.15) is 37.1 Å². The molecule has 3 nitrogen and oxygen atoms in total. The Morgan fingerprint density at radius 2 is 2.11 bits per heavy atom. The summed E-state index contributed by atoms with van der Waals surface area (Å²) in [6.07, 6.45) is 4.63. The first-order valence-corrected chi connectivity index (χ1v) is 6.58. The fourth-order valence-electron chi connectivity index (χ4n) is 2.75. The maximum Gasteiger partial charge on any atom is 0.192 e. The van der Waals surface area contributed by atoms with E-state index in [0.717, 1.165) is 43.2 Å². The Morgan fingerprint density at radius 1 is 1.33 bits per heavy atom. The molecule has 1 heterocycles. The van der Waals surface area contributed by atoms with Crippen LogP contribution in [0.3, 0.4) is 0 Å². The zero-order chi connectivity index (χ0) is 12.5. The molecule has 1 fully saturated rings. The number of hydrogen-bond acceptors (Lipinski definition) is 3. The fourth-order valence-corrected chi connectivity index (χ4v) is 2.75. The molecule has 0 radical (unpaired) electrons. The maximum atomic E-state index is 11.2. The van der Waals surface area contributed by atoms with Crippen molar-refractivity contribution in [3.63, 3.8) is 0 Å². The zero-order valence-electron chi connectivity index (χ0n) is 10.6. The molecule has 0 atom stereocenters. The quantitative estimate of drug-likeness (QED) is 0.811. The molecule has 0 spiro atoms. The number of aromatic nitrogens is 1. The first kappa shape index (κ1) is 11.5. The largest absolute Gasteiger partial charge is 0.441 e. The van der Waals surface area contributed by atoms with E-state index in [1.54, 1.807) is 0 Å². The van der Waals surface area contributed by atoms with Gasteiger partial charge in [0.25, 0.3) is 0 Å². The molecule has 18 heavy (non-hydrogen) atoms. The van der Waals surface area contributed by atoms with Crippen molar-refractivity contribution >= 4 is 16.9 Å². The van der Waals surface area contributed by atoms with E-state index in [-0.39, 0.29) is 0 Å². The lowest BCUT2D eigenvalue weighted by Crippen LogP contribution is -2.15. The average Bonchev–Trinajstić information content (AvgIpc) is 2.71. The monoisotopic (exact) mass is 243 g/mol. The Kier molecular flexibility index (Phi) is 2.90. The minimum absolute atomic E-state index is 0.424. The van der Waals surface area contributed by atoms with Crippen LogP contribution in [0.15, 0.2) is 22.6 Å². The molecule has 3 rings (SSSR count). The summed E-state index contributed by atoms with van der Waals surface area (Å²) in [5, 5.41) is 0. The van der Waals surface area contributed by atoms with Crippen LogP contribution in [0.5, 0.6) is 0 Å². The van der Waals surface area contributed by atoms with Gasteiger partial charge in [0.2, 0.25) is 0 Å². The van der Waals surface area contributed by atoms with Gasteiger partial charge in [0, 0.05) is 19.8 Å². The Labute approximate surface area is 106 Å². The van der Waals surface area contributed by atoms with Gasteiger partial charge in [0.05, 0.1) is 0 Å². The number of Topliss-reactive ketones (excluding diaryl/α,β-unsaturated/α-hetero) is 1. The third-order valence-electron chi connectivity index (χ3n) is 3.75. The molecule has 1 saturated carbocycles. The van der Waals surface area contributed by atoms with E-state index < -0.39 is 0 Å². The second kappa shape index (κ2) is 4.56. The Balaban J connectivity index is 1.76. The molecule has 94 valence electrons. The SMILES string of the molecule is Cc1nc2ccc(CC3CCC(=O)CC3)cc2o1. The van der Waals surface area contributed by atoms with Crippen LogP contribution >= 0.6 is 0 Å². The lowest BCUT2D eigenvalue weighted by atomic mass is 9.84. The number of oxazole rings is 1. The molecular weight excluding hydrogens is 226 g/mol. The van der Waals surface area contributed by atoms with Gasteiger partial charge in [0.15, 0.2) is 11.5 Å². The summed E-state index contributed by atoms with van der Waals surface area (Å²) in [5.74, 6) is 1.78. The molecule has 0 unspecified atom stereocenters. The highest BCUT2D eigenvalue weighted by Gasteiger charge is 2.19. The van der Waals surface area contributed by atoms with Crippen LogP contribution in [0.25, 0.3) is 11.1 Å². The molecule has 1 aliphatic rings. The van der Waals surface area contributed by atoms with E-state index in [1.807, 2.05) is 13.0 Å². The van der Waals surface area contributed by atoms with Gasteiger partial charge in [-0.1, -0.05) is 6.07 Å². The first-order chi connectivity index (χ1) is 8.70. The van der Waals surface area contributed by atoms with E-state index in [1.165, 1.54) is 5.56 Å². The fraction of sp³-hybridized carbons (Fsp3) is 0.467. The number of nitrogens with zero attached hydrogens (tertiary/aromatic N) is 1. The van der Waals surface area contributed by atoms with Gasteiger partial charge in [0.1, 0.15) is 11.3 Å². The van der Waals surface area contributed by atoms with Gasteiger partial charge in [-0.2, -0.15) is 0 Å². The highest BCUT2D eigenvalue weighted by Crippen LogP contribution is 2.26. The van der Waals surface area contributed by atoms with Crippen molar-refractivity contribution in [3.8, 4) is 0 Å². The Hall–Kier alpha value is -1.64. The van der Waals surface area contributed by atoms with Crippen molar-refractivity contribution < 1.29 is 9.21 Å². The normalized spacial score (nSPS) is 17.5. The molecule has 0 bridgehead atoms. The van der Waals surface area contributed by atoms with E-state index in [9.17, 15) is 4.79 Å². The number of rotatable bonds is 2. The van der Waals surface area contributed by atoms with Gasteiger partial charge < -0.3 is 4.42 Å². The molecule has 0 amide bonds. The van der Waals surface area contributed by atoms with E-state index in [4.69, 9.17) is 4.42 Å². The molecular formula is C15H17NO2. The summed E-state index contributed by atoms with van der Waals surface area (Å²) in [6.45, 7) is 1.87. The Bertz CT molecular complexity index is 575. The van der Waals surface area contributed by atoms with Gasteiger partial charge >= 0.3 is 0 Å². The van der Waals surface area contributed by atoms with Gasteiger partial charge in [-0.15, -0.1) is 0 Å². The number of carbonyl (C=O) groups excluding carboxylic acids is 1. The first-order valence-electron chi connectivity index (χ1n) is 6.58. The standard InChI is InChI=1S/C15H17NO2/c1-10-16-14-7-4-12(9-15(14)18-10)8-11-2-5-13(17)6-3-11/h4,7,9,11H,2-3,5-6,8H2,1H3. The summed E-state index contributed by atoms with van der Waals surface area (Å²) in [6, 6.07) is 6.24. The van der Waals surface area contributed by atoms with Crippen LogP contribution in [0, 0.1) is 12.8 Å². The second-order valence-electron chi connectivity index (χ2n) is 5.22. The molecule has 3 heteroatoms. The van der Waals surface area contributed by atoms with E-state index >= 15 is 0 Å². The van der Waals surface area contributed by atoms with Crippen LogP contribution < -0.4 is 0 Å². The van der Waals surface area contributed by atoms with E-state index in [0.29, 0.717) is 17.6 Å². The van der Waals surface area contributed by atoms with Gasteiger partial charge in [-0.05, 0) is 42.9 Å². The Morgan fingerprint density at radius 3 is 2.89 bits per heavy atom. The molecule has 2 aromatic rings. The number of ketones is 1. The summed E-state index contributed by atoms with van der Waals surface area (Å²) < 4.78 is 5.55. The highest BCUT2D eigenvalue weighted by molar-refractivity contribution is 5.79. The summed E-state index contributed by atoms with van der Waals surface area (Å²) in [7, 11) is 0. The topological polar surface area (TPSA) is 43.1 Å². The molecule has 0 saturated heterocycles. The smallest absolute Gasteiger partial charge is 0.192 e. The minimum atomic E-state index is 0.424. The van der Waals surface area contributed by atoms with Crippen LogP contribution in [-0.4, -0.2) is 10.8 Å². The van der Waals surface area contributed by atoms with Crippen molar-refractivity contribution in [2.45, 2.75) is 39.0 Å². The number of aryl methyl sites for hydroxylation is 1. The predicted molar refractivity (Wildman–Crippen MR) is 69.4 cm³/mol. The van der Waals surface area contributed by atoms with E-state index in [2.05, 4.69) is 17.1 Å². The molecule has 0 aliphatic heterocycles. The van der Waals surface area contributed by atoms with Crippen LogP contribution in [-0.2, 0) is 11.2 Å². The van der Waals surface area contributed by atoms with Gasteiger partial charge in [-0.3, -0.25) is 4.79 Å². The van der Waals surface area contributed by atoms with Crippen LogP contribution in [0.4, 0.5) is 0 Å². The highest BCUT2D eigenvalue weighted by atomic mass is 16.3. The predicted octanol–water partition coefficient (Wildman–Crippen LogP) is 3.44. The van der Waals surface area contributed by atoms with Crippen molar-refractivity contribution in [2.75, 3.05) is 0 Å². The molecule has 1 aliphatic carbocycles. The molecule has 1 aromatic carbocycles. The average molecular weight is 243 g/mol. The van der Waals surface area contributed by atoms with Crippen molar-refractivity contribution in [1.29, 1.82) is 0 Å². The number of carbonyl (C=O) groups is 1. The summed E-state index contributed by atoms with van der Waals surface area (Å²) in [4.78, 5) is 15.5. The van der Waals surface area contributed by atoms with Crippen molar-refractivity contribution in [2.24, 2.45) is 5.92 Å². The zero-order valence-corrected chi connectivity index (χ0v) is 10.6. The van der Waals surface area contributed by atoms with Crippen molar-refractivity contribution in [3.05, 3.63) is 29.7 Å². The van der Waals surface area contributed by atoms with Crippen LogP contribution in [0.2, 0.25) is 0 Å². The lowest BCUT2D eigenvalue weighted by molar-refractivity contribution is -0.121. The summed E-state index contributed by atoms with van der Waals surface area (Å²) in [5.41, 5.74) is 3.09. The number of fused-ring (bicyclic) bond motifs is 1. The molecule has 1 aromatic heterocycles. The third kappa shape index (κ3) is 2.30. The third-order valence-corrected chi connectivity index (χ3v) is 3.75. The summed E-state index contributed by atoms with van der Waals surface area (Å²) >= 11 is 0. The van der Waals surface area contributed by atoms with Gasteiger partial charge in [-0.25, -0.2) is 4.98 Å². The number of hydrogen-bond donors (Lipinski definition) is 0. The molecule has 0 N–H and O–H groups in total. The number of benzene rings is 1. The lowest BCUT2D eigenvalue weighted by Gasteiger charge is -2.20. The maximum absolute atomic E-state index is 11.2. The van der Waals surface area contributed by atoms with Crippen molar-refractivity contribution in [1.82, 2.24) is 4.98 Å².